The Morgan fingerprint density at radius 2 is 1.61 bits per heavy atom. The molecule has 0 spiro atoms. The second kappa shape index (κ2) is 12.5. The number of amides is 3. The van der Waals surface area contributed by atoms with Crippen molar-refractivity contribution in [2.45, 2.75) is 12.5 Å². The van der Waals surface area contributed by atoms with Gasteiger partial charge in [-0.05, 0) is 36.4 Å². The van der Waals surface area contributed by atoms with Crippen LogP contribution in [0.2, 0.25) is 0 Å². The lowest BCUT2D eigenvalue weighted by Gasteiger charge is -2.38. The van der Waals surface area contributed by atoms with E-state index in [0.717, 1.165) is 31.9 Å². The summed E-state index contributed by atoms with van der Waals surface area (Å²) in [5, 5.41) is 14.7. The number of nitrogens with one attached hydrogen (secondary N) is 2. The van der Waals surface area contributed by atoms with Gasteiger partial charge >= 0.3 is 0 Å². The van der Waals surface area contributed by atoms with Gasteiger partial charge in [0.2, 0.25) is 17.7 Å². The largest absolute Gasteiger partial charge is 0.457 e. The number of carbonyl (C=O) groups is 3. The number of rotatable bonds is 9. The third kappa shape index (κ3) is 7.03. The first-order valence-electron chi connectivity index (χ1n) is 12.3. The van der Waals surface area contributed by atoms with Gasteiger partial charge in [0.05, 0.1) is 19.6 Å². The molecule has 2 aromatic carbocycles. The maximum atomic E-state index is 13.1. The van der Waals surface area contributed by atoms with E-state index in [1.54, 1.807) is 24.3 Å². The van der Waals surface area contributed by atoms with Gasteiger partial charge in [-0.1, -0.05) is 18.2 Å². The molecule has 0 radical (unpaired) electrons. The summed E-state index contributed by atoms with van der Waals surface area (Å²) >= 11 is 0. The first-order valence-corrected chi connectivity index (χ1v) is 12.3. The van der Waals surface area contributed by atoms with Crippen LogP contribution in [-0.2, 0) is 14.4 Å². The van der Waals surface area contributed by atoms with Crippen LogP contribution in [0, 0.1) is 0 Å². The molecule has 0 saturated carbocycles. The van der Waals surface area contributed by atoms with Gasteiger partial charge < -0.3 is 25.4 Å². The molecule has 2 fully saturated rings. The third-order valence-corrected chi connectivity index (χ3v) is 6.39. The second-order valence-corrected chi connectivity index (χ2v) is 8.93. The van der Waals surface area contributed by atoms with Gasteiger partial charge in [0, 0.05) is 51.5 Å². The van der Waals surface area contributed by atoms with Crippen molar-refractivity contribution >= 4 is 23.4 Å². The first-order chi connectivity index (χ1) is 17.5. The standard InChI is InChI=1S/C26H33N5O5/c32-17-16-29-12-14-30(15-13-29)19-25(34)31-11-10-27-26(35)23(31)18-24(33)28-20-6-8-22(9-7-20)36-21-4-2-1-3-5-21/h1-9,23,32H,10-19H2,(H,27,35)(H,28,33)/t23-/m1/s1. The number of aliphatic hydroxyl groups excluding tert-OH is 1. The molecule has 0 aliphatic carbocycles. The van der Waals surface area contributed by atoms with E-state index in [1.165, 1.54) is 4.90 Å². The van der Waals surface area contributed by atoms with Gasteiger partial charge in [0.1, 0.15) is 17.5 Å². The molecular formula is C26H33N5O5. The van der Waals surface area contributed by atoms with Gasteiger partial charge in [-0.25, -0.2) is 0 Å². The molecule has 1 atom stereocenters. The van der Waals surface area contributed by atoms with Crippen LogP contribution >= 0.6 is 0 Å². The summed E-state index contributed by atoms with van der Waals surface area (Å²) in [4.78, 5) is 44.1. The van der Waals surface area contributed by atoms with Crippen molar-refractivity contribution in [3.63, 3.8) is 0 Å². The lowest BCUT2D eigenvalue weighted by atomic mass is 10.1. The molecule has 0 aromatic heterocycles. The smallest absolute Gasteiger partial charge is 0.243 e. The molecule has 2 aliphatic heterocycles. The van der Waals surface area contributed by atoms with E-state index >= 15 is 0 Å². The number of carbonyl (C=O) groups excluding carboxylic acids is 3. The zero-order valence-electron chi connectivity index (χ0n) is 20.3. The first kappa shape index (κ1) is 25.6. The number of ether oxygens (including phenoxy) is 1. The number of aliphatic hydroxyl groups is 1. The van der Waals surface area contributed by atoms with Gasteiger partial charge in [-0.15, -0.1) is 0 Å². The number of hydrogen-bond donors (Lipinski definition) is 3. The number of piperazine rings is 2. The van der Waals surface area contributed by atoms with E-state index in [-0.39, 0.29) is 37.3 Å². The zero-order valence-corrected chi connectivity index (χ0v) is 20.3. The van der Waals surface area contributed by atoms with Crippen LogP contribution in [0.3, 0.4) is 0 Å². The summed E-state index contributed by atoms with van der Waals surface area (Å²) in [5.41, 5.74) is 0.579. The van der Waals surface area contributed by atoms with Crippen LogP contribution in [-0.4, -0.2) is 103 Å². The Balaban J connectivity index is 1.30. The highest BCUT2D eigenvalue weighted by Gasteiger charge is 2.35. The summed E-state index contributed by atoms with van der Waals surface area (Å²) in [6.07, 6.45) is -0.121. The number of anilines is 1. The molecule has 10 heteroatoms. The summed E-state index contributed by atoms with van der Waals surface area (Å²) in [6.45, 7) is 4.73. The highest BCUT2D eigenvalue weighted by Crippen LogP contribution is 2.23. The minimum Gasteiger partial charge on any atom is -0.457 e. The fourth-order valence-corrected chi connectivity index (χ4v) is 4.43. The fourth-order valence-electron chi connectivity index (χ4n) is 4.43. The van der Waals surface area contributed by atoms with E-state index in [4.69, 9.17) is 9.84 Å². The Bertz CT molecular complexity index is 1020. The van der Waals surface area contributed by atoms with Crippen LogP contribution in [0.5, 0.6) is 11.5 Å². The number of hydrogen-bond acceptors (Lipinski definition) is 7. The Morgan fingerprint density at radius 1 is 0.944 bits per heavy atom. The quantitative estimate of drug-likeness (QED) is 0.470. The summed E-state index contributed by atoms with van der Waals surface area (Å²) in [7, 11) is 0. The van der Waals surface area contributed by atoms with Crippen molar-refractivity contribution < 1.29 is 24.2 Å². The average Bonchev–Trinajstić information content (AvgIpc) is 2.88. The van der Waals surface area contributed by atoms with Gasteiger partial charge in [0.25, 0.3) is 0 Å². The van der Waals surface area contributed by atoms with Crippen molar-refractivity contribution in [3.8, 4) is 11.5 Å². The van der Waals surface area contributed by atoms with Crippen molar-refractivity contribution in [1.82, 2.24) is 20.0 Å². The molecule has 2 heterocycles. The maximum Gasteiger partial charge on any atom is 0.243 e. The Hall–Kier alpha value is -3.47. The Labute approximate surface area is 210 Å². The molecule has 3 N–H and O–H groups in total. The lowest BCUT2D eigenvalue weighted by Crippen LogP contribution is -2.60. The molecule has 2 saturated heterocycles. The second-order valence-electron chi connectivity index (χ2n) is 8.93. The van der Waals surface area contributed by atoms with Crippen LogP contribution < -0.4 is 15.4 Å². The molecule has 2 aromatic rings. The normalized spacial score (nSPS) is 19.0. The maximum absolute atomic E-state index is 13.1. The highest BCUT2D eigenvalue weighted by atomic mass is 16.5. The minimum absolute atomic E-state index is 0.121. The van der Waals surface area contributed by atoms with Crippen LogP contribution in [0.25, 0.3) is 0 Å². The van der Waals surface area contributed by atoms with E-state index in [9.17, 15) is 14.4 Å². The predicted molar refractivity (Wildman–Crippen MR) is 135 cm³/mol. The van der Waals surface area contributed by atoms with Crippen molar-refractivity contribution in [2.24, 2.45) is 0 Å². The van der Waals surface area contributed by atoms with Crippen molar-refractivity contribution in [2.75, 3.05) is 64.3 Å². The van der Waals surface area contributed by atoms with Crippen molar-refractivity contribution in [3.05, 3.63) is 54.6 Å². The van der Waals surface area contributed by atoms with E-state index in [0.29, 0.717) is 31.1 Å². The van der Waals surface area contributed by atoms with Crippen molar-refractivity contribution in [1.29, 1.82) is 0 Å². The van der Waals surface area contributed by atoms with Crippen LogP contribution in [0.15, 0.2) is 54.6 Å². The Kier molecular flexibility index (Phi) is 8.88. The highest BCUT2D eigenvalue weighted by molar-refractivity contribution is 5.97. The SMILES string of the molecule is O=C(C[C@@H]1C(=O)NCCN1C(=O)CN1CCN(CCO)CC1)Nc1ccc(Oc2ccccc2)cc1. The number of benzene rings is 2. The molecule has 2 aliphatic rings. The Morgan fingerprint density at radius 3 is 2.31 bits per heavy atom. The molecule has 10 nitrogen and oxygen atoms in total. The monoisotopic (exact) mass is 495 g/mol. The van der Waals surface area contributed by atoms with E-state index in [1.807, 2.05) is 30.3 Å². The number of β-amino-alcohol motifs (C(OH)–C–C–N with tert-alkyl or cyclic N) is 1. The van der Waals surface area contributed by atoms with Crippen LogP contribution in [0.1, 0.15) is 6.42 Å². The predicted octanol–water partition coefficient (Wildman–Crippen LogP) is 0.744. The minimum atomic E-state index is -0.845. The molecule has 0 unspecified atom stereocenters. The zero-order chi connectivity index (χ0) is 25.3. The summed E-state index contributed by atoms with van der Waals surface area (Å²) in [5.74, 6) is 0.545. The molecular weight excluding hydrogens is 462 g/mol. The van der Waals surface area contributed by atoms with Gasteiger partial charge in [-0.2, -0.15) is 0 Å². The van der Waals surface area contributed by atoms with E-state index < -0.39 is 6.04 Å². The molecule has 4 rings (SSSR count). The van der Waals surface area contributed by atoms with Gasteiger partial charge in [0.15, 0.2) is 0 Å². The molecule has 3 amide bonds. The van der Waals surface area contributed by atoms with Crippen LogP contribution in [0.4, 0.5) is 5.69 Å². The molecule has 192 valence electrons. The average molecular weight is 496 g/mol. The summed E-state index contributed by atoms with van der Waals surface area (Å²) in [6, 6.07) is 15.5. The molecule has 36 heavy (non-hydrogen) atoms. The third-order valence-electron chi connectivity index (χ3n) is 6.39. The lowest BCUT2D eigenvalue weighted by molar-refractivity contribution is -0.145. The summed E-state index contributed by atoms with van der Waals surface area (Å²) < 4.78 is 5.77. The van der Waals surface area contributed by atoms with E-state index in [2.05, 4.69) is 20.4 Å². The van der Waals surface area contributed by atoms with Gasteiger partial charge in [-0.3, -0.25) is 24.2 Å². The number of nitrogens with zero attached hydrogens (tertiary/aromatic N) is 3. The number of para-hydroxylation sites is 1. The molecule has 0 bridgehead atoms. The fraction of sp³-hybridized carbons (Fsp3) is 0.423. The topological polar surface area (TPSA) is 114 Å².